The Morgan fingerprint density at radius 2 is 1.96 bits per heavy atom. The van der Waals surface area contributed by atoms with E-state index in [4.69, 9.17) is 5.11 Å². The summed E-state index contributed by atoms with van der Waals surface area (Å²) in [5.74, 6) is -0.445. The fraction of sp³-hybridized carbons (Fsp3) is 0.556. The summed E-state index contributed by atoms with van der Waals surface area (Å²) in [4.78, 5) is 27.4. The zero-order valence-electron chi connectivity index (χ0n) is 13.9. The standard InChI is InChI=1S/C18H25N3O3/c22-17(13-21-9-4-7-16(21)18(23)24)19-11-14-8-10-20(12-14)15-5-2-1-3-6-15/h1-3,5-6,14,16H,4,7-13H2,(H,19,22)(H,23,24)/t14?,16-/m0/s1. The zero-order valence-corrected chi connectivity index (χ0v) is 13.9. The van der Waals surface area contributed by atoms with Gasteiger partial charge in [0.1, 0.15) is 6.04 Å². The van der Waals surface area contributed by atoms with Gasteiger partial charge in [-0.3, -0.25) is 14.5 Å². The summed E-state index contributed by atoms with van der Waals surface area (Å²) in [7, 11) is 0. The SMILES string of the molecule is O=C(CN1CCC[C@H]1C(=O)O)NCC1CCN(c2ccccc2)C1. The predicted molar refractivity (Wildman–Crippen MR) is 92.0 cm³/mol. The number of nitrogens with one attached hydrogen (secondary N) is 1. The first kappa shape index (κ1) is 16.8. The number of hydrogen-bond donors (Lipinski definition) is 2. The van der Waals surface area contributed by atoms with E-state index in [9.17, 15) is 9.59 Å². The minimum atomic E-state index is -0.824. The molecule has 0 radical (unpaired) electrons. The van der Waals surface area contributed by atoms with Crippen LogP contribution in [0.1, 0.15) is 19.3 Å². The number of carboxylic acids is 1. The molecule has 6 heteroatoms. The van der Waals surface area contributed by atoms with Crippen molar-refractivity contribution in [3.8, 4) is 0 Å². The number of benzene rings is 1. The van der Waals surface area contributed by atoms with Crippen molar-refractivity contribution in [2.75, 3.05) is 37.6 Å². The quantitative estimate of drug-likeness (QED) is 0.819. The summed E-state index contributed by atoms with van der Waals surface area (Å²) in [5, 5.41) is 12.1. The van der Waals surface area contributed by atoms with Crippen LogP contribution < -0.4 is 10.2 Å². The maximum atomic E-state index is 12.1. The highest BCUT2D eigenvalue weighted by molar-refractivity contribution is 5.80. The van der Waals surface area contributed by atoms with Gasteiger partial charge in [0.25, 0.3) is 0 Å². The number of aliphatic carboxylic acids is 1. The summed E-state index contributed by atoms with van der Waals surface area (Å²) in [6, 6.07) is 9.82. The molecular formula is C18H25N3O3. The Balaban J connectivity index is 1.42. The Labute approximate surface area is 142 Å². The third kappa shape index (κ3) is 4.06. The summed E-state index contributed by atoms with van der Waals surface area (Å²) in [5.41, 5.74) is 1.23. The molecule has 0 aliphatic carbocycles. The summed E-state index contributed by atoms with van der Waals surface area (Å²) < 4.78 is 0. The fourth-order valence-electron chi connectivity index (χ4n) is 3.67. The largest absolute Gasteiger partial charge is 0.480 e. The Morgan fingerprint density at radius 1 is 1.17 bits per heavy atom. The van der Waals surface area contributed by atoms with Gasteiger partial charge in [0.15, 0.2) is 0 Å². The molecule has 2 heterocycles. The molecule has 2 fully saturated rings. The topological polar surface area (TPSA) is 72.9 Å². The molecule has 2 atom stereocenters. The van der Waals surface area contributed by atoms with E-state index in [1.54, 1.807) is 4.90 Å². The van der Waals surface area contributed by atoms with Gasteiger partial charge >= 0.3 is 5.97 Å². The van der Waals surface area contributed by atoms with E-state index in [2.05, 4.69) is 22.3 Å². The first-order chi connectivity index (χ1) is 11.6. The van der Waals surface area contributed by atoms with Crippen molar-refractivity contribution in [3.63, 3.8) is 0 Å². The lowest BCUT2D eigenvalue weighted by Gasteiger charge is -2.21. The number of hydrogen-bond acceptors (Lipinski definition) is 4. The van der Waals surface area contributed by atoms with Gasteiger partial charge in [0.05, 0.1) is 6.54 Å². The van der Waals surface area contributed by atoms with Crippen LogP contribution in [0.15, 0.2) is 30.3 Å². The molecule has 2 saturated heterocycles. The molecule has 1 unspecified atom stereocenters. The minimum Gasteiger partial charge on any atom is -0.480 e. The number of nitrogens with zero attached hydrogens (tertiary/aromatic N) is 2. The third-order valence-electron chi connectivity index (χ3n) is 4.99. The van der Waals surface area contributed by atoms with Crippen LogP contribution >= 0.6 is 0 Å². The number of likely N-dealkylation sites (tertiary alicyclic amines) is 1. The summed E-state index contributed by atoms with van der Waals surface area (Å²) in [6.45, 7) is 3.50. The minimum absolute atomic E-state index is 0.0682. The predicted octanol–water partition coefficient (Wildman–Crippen LogP) is 1.18. The van der Waals surface area contributed by atoms with Gasteiger partial charge in [-0.05, 0) is 43.9 Å². The number of anilines is 1. The van der Waals surface area contributed by atoms with Crippen LogP contribution in [0.3, 0.4) is 0 Å². The van der Waals surface area contributed by atoms with Crippen LogP contribution in [-0.4, -0.2) is 60.6 Å². The van der Waals surface area contributed by atoms with Crippen LogP contribution in [0, 0.1) is 5.92 Å². The average molecular weight is 331 g/mol. The highest BCUT2D eigenvalue weighted by Crippen LogP contribution is 2.23. The number of carboxylic acid groups (broad SMARTS) is 1. The smallest absolute Gasteiger partial charge is 0.320 e. The molecule has 2 N–H and O–H groups in total. The summed E-state index contributed by atoms with van der Waals surface area (Å²) in [6.07, 6.45) is 2.55. The van der Waals surface area contributed by atoms with Crippen molar-refractivity contribution in [2.24, 2.45) is 5.92 Å². The van der Waals surface area contributed by atoms with Gasteiger partial charge in [-0.2, -0.15) is 0 Å². The normalized spacial score (nSPS) is 24.2. The van der Waals surface area contributed by atoms with Gasteiger partial charge in [0, 0.05) is 25.3 Å². The maximum Gasteiger partial charge on any atom is 0.320 e. The second-order valence-corrected chi connectivity index (χ2v) is 6.71. The second-order valence-electron chi connectivity index (χ2n) is 6.71. The van der Waals surface area contributed by atoms with E-state index < -0.39 is 12.0 Å². The van der Waals surface area contributed by atoms with Crippen molar-refractivity contribution >= 4 is 17.6 Å². The Morgan fingerprint density at radius 3 is 2.71 bits per heavy atom. The molecular weight excluding hydrogens is 306 g/mol. The lowest BCUT2D eigenvalue weighted by atomic mass is 10.1. The number of para-hydroxylation sites is 1. The number of rotatable bonds is 6. The van der Waals surface area contributed by atoms with E-state index in [0.717, 1.165) is 25.9 Å². The number of amides is 1. The van der Waals surface area contributed by atoms with Crippen LogP contribution in [0.5, 0.6) is 0 Å². The van der Waals surface area contributed by atoms with E-state index in [-0.39, 0.29) is 12.5 Å². The Kier molecular flexibility index (Phi) is 5.35. The van der Waals surface area contributed by atoms with E-state index in [1.807, 2.05) is 18.2 Å². The van der Waals surface area contributed by atoms with Gasteiger partial charge in [-0.15, -0.1) is 0 Å². The summed E-state index contributed by atoms with van der Waals surface area (Å²) >= 11 is 0. The van der Waals surface area contributed by atoms with E-state index in [1.165, 1.54) is 5.69 Å². The molecule has 0 aromatic heterocycles. The van der Waals surface area contributed by atoms with E-state index in [0.29, 0.717) is 25.4 Å². The van der Waals surface area contributed by atoms with Gasteiger partial charge in [-0.25, -0.2) is 0 Å². The fourth-order valence-corrected chi connectivity index (χ4v) is 3.67. The first-order valence-corrected chi connectivity index (χ1v) is 8.67. The van der Waals surface area contributed by atoms with Crippen molar-refractivity contribution in [3.05, 3.63) is 30.3 Å². The Hall–Kier alpha value is -2.08. The third-order valence-corrected chi connectivity index (χ3v) is 4.99. The lowest BCUT2D eigenvalue weighted by molar-refractivity contribution is -0.142. The van der Waals surface area contributed by atoms with Crippen molar-refractivity contribution in [1.29, 1.82) is 0 Å². The monoisotopic (exact) mass is 331 g/mol. The highest BCUT2D eigenvalue weighted by Gasteiger charge is 2.31. The first-order valence-electron chi connectivity index (χ1n) is 8.67. The molecule has 2 aliphatic rings. The number of carbonyl (C=O) groups excluding carboxylic acids is 1. The van der Waals surface area contributed by atoms with Crippen LogP contribution in [0.25, 0.3) is 0 Å². The lowest BCUT2D eigenvalue weighted by Crippen LogP contribution is -2.44. The molecule has 2 aliphatic heterocycles. The van der Waals surface area contributed by atoms with Crippen LogP contribution in [0.4, 0.5) is 5.69 Å². The van der Waals surface area contributed by atoms with Crippen LogP contribution in [-0.2, 0) is 9.59 Å². The highest BCUT2D eigenvalue weighted by atomic mass is 16.4. The maximum absolute atomic E-state index is 12.1. The molecule has 0 spiro atoms. The molecule has 1 aromatic carbocycles. The number of carbonyl (C=O) groups is 2. The molecule has 6 nitrogen and oxygen atoms in total. The molecule has 130 valence electrons. The Bertz CT molecular complexity index is 578. The second kappa shape index (κ2) is 7.66. The van der Waals surface area contributed by atoms with Crippen molar-refractivity contribution < 1.29 is 14.7 Å². The van der Waals surface area contributed by atoms with Crippen molar-refractivity contribution in [2.45, 2.75) is 25.3 Å². The average Bonchev–Trinajstić information content (AvgIpc) is 3.23. The molecule has 24 heavy (non-hydrogen) atoms. The molecule has 1 aromatic rings. The molecule has 3 rings (SSSR count). The van der Waals surface area contributed by atoms with Gasteiger partial charge < -0.3 is 15.3 Å². The molecule has 0 bridgehead atoms. The van der Waals surface area contributed by atoms with Crippen molar-refractivity contribution in [1.82, 2.24) is 10.2 Å². The zero-order chi connectivity index (χ0) is 16.9. The molecule has 1 amide bonds. The van der Waals surface area contributed by atoms with E-state index >= 15 is 0 Å². The van der Waals surface area contributed by atoms with Gasteiger partial charge in [-0.1, -0.05) is 18.2 Å². The molecule has 0 saturated carbocycles. The van der Waals surface area contributed by atoms with Gasteiger partial charge in [0.2, 0.25) is 5.91 Å². The van der Waals surface area contributed by atoms with Crippen LogP contribution in [0.2, 0.25) is 0 Å².